The van der Waals surface area contributed by atoms with E-state index in [1.165, 1.54) is 0 Å². The molecule has 0 aliphatic heterocycles. The Hall–Kier alpha value is -1.36. The van der Waals surface area contributed by atoms with Gasteiger partial charge >= 0.3 is 0 Å². The molecule has 5 heteroatoms. The maximum atomic E-state index is 11.7. The zero-order chi connectivity index (χ0) is 13.7. The van der Waals surface area contributed by atoms with E-state index in [2.05, 4.69) is 17.4 Å². The van der Waals surface area contributed by atoms with Crippen molar-refractivity contribution in [3.8, 4) is 0 Å². The number of aliphatic hydroxyl groups excluding tert-OH is 1. The average Bonchev–Trinajstić information content (AvgIpc) is 2.83. The highest BCUT2D eigenvalue weighted by Gasteiger charge is 2.17. The summed E-state index contributed by atoms with van der Waals surface area (Å²) in [5.74, 6) is 0.241. The molecular weight excluding hydrogens is 232 g/mol. The third-order valence-corrected chi connectivity index (χ3v) is 3.11. The molecule has 0 aromatic carbocycles. The Labute approximate surface area is 108 Å². The van der Waals surface area contributed by atoms with E-state index in [-0.39, 0.29) is 30.0 Å². The number of aliphatic hydroxyl groups is 1. The van der Waals surface area contributed by atoms with Gasteiger partial charge in [0.2, 0.25) is 5.76 Å². The fraction of sp³-hybridized carbons (Fsp3) is 0.692. The number of nitrogens with one attached hydrogen (secondary N) is 1. The third-order valence-electron chi connectivity index (χ3n) is 3.11. The second-order valence-corrected chi connectivity index (χ2v) is 4.95. The van der Waals surface area contributed by atoms with Gasteiger partial charge in [-0.05, 0) is 12.3 Å². The molecule has 0 saturated carbocycles. The van der Waals surface area contributed by atoms with Gasteiger partial charge in [0.05, 0.1) is 11.8 Å². The highest BCUT2D eigenvalue weighted by molar-refractivity contribution is 5.91. The zero-order valence-electron chi connectivity index (χ0n) is 11.4. The van der Waals surface area contributed by atoms with Gasteiger partial charge in [0.15, 0.2) is 0 Å². The van der Waals surface area contributed by atoms with Gasteiger partial charge in [-0.1, -0.05) is 32.9 Å². The van der Waals surface area contributed by atoms with Crippen molar-refractivity contribution in [3.05, 3.63) is 17.5 Å². The SMILES string of the molecule is CCC(C)c1cc(C(=O)NCC(O)C(C)C)on1. The number of rotatable bonds is 6. The lowest BCUT2D eigenvalue weighted by Crippen LogP contribution is -2.34. The van der Waals surface area contributed by atoms with E-state index in [0.29, 0.717) is 0 Å². The Morgan fingerprint density at radius 2 is 2.17 bits per heavy atom. The van der Waals surface area contributed by atoms with E-state index in [1.54, 1.807) is 6.07 Å². The molecule has 1 amide bonds. The van der Waals surface area contributed by atoms with Crippen LogP contribution in [-0.2, 0) is 0 Å². The first-order valence-corrected chi connectivity index (χ1v) is 6.38. The highest BCUT2D eigenvalue weighted by Crippen LogP contribution is 2.18. The van der Waals surface area contributed by atoms with E-state index in [4.69, 9.17) is 4.52 Å². The summed E-state index contributed by atoms with van der Waals surface area (Å²) >= 11 is 0. The molecule has 1 heterocycles. The minimum atomic E-state index is -0.550. The molecule has 2 N–H and O–H groups in total. The minimum Gasteiger partial charge on any atom is -0.391 e. The first-order valence-electron chi connectivity index (χ1n) is 6.38. The number of carbonyl (C=O) groups excluding carboxylic acids is 1. The van der Waals surface area contributed by atoms with Gasteiger partial charge in [-0.3, -0.25) is 4.79 Å². The van der Waals surface area contributed by atoms with E-state index < -0.39 is 6.10 Å². The summed E-state index contributed by atoms with van der Waals surface area (Å²) in [6.45, 7) is 8.09. The molecule has 2 atom stereocenters. The molecule has 0 spiro atoms. The van der Waals surface area contributed by atoms with Crippen LogP contribution in [0.15, 0.2) is 10.6 Å². The van der Waals surface area contributed by atoms with Crippen LogP contribution in [0.25, 0.3) is 0 Å². The van der Waals surface area contributed by atoms with Crippen LogP contribution in [0.2, 0.25) is 0 Å². The number of nitrogens with zero attached hydrogens (tertiary/aromatic N) is 1. The van der Waals surface area contributed by atoms with Gasteiger partial charge in [0, 0.05) is 18.5 Å². The summed E-state index contributed by atoms with van der Waals surface area (Å²) in [5.41, 5.74) is 0.784. The number of carbonyl (C=O) groups is 1. The first kappa shape index (κ1) is 14.7. The average molecular weight is 254 g/mol. The summed E-state index contributed by atoms with van der Waals surface area (Å²) in [7, 11) is 0. The van der Waals surface area contributed by atoms with Crippen LogP contribution >= 0.6 is 0 Å². The molecule has 1 aromatic rings. The quantitative estimate of drug-likeness (QED) is 0.813. The van der Waals surface area contributed by atoms with Crippen molar-refractivity contribution < 1.29 is 14.4 Å². The molecule has 102 valence electrons. The molecule has 0 radical (unpaired) electrons. The normalized spacial score (nSPS) is 14.6. The fourth-order valence-corrected chi connectivity index (χ4v) is 1.36. The van der Waals surface area contributed by atoms with E-state index >= 15 is 0 Å². The van der Waals surface area contributed by atoms with Gasteiger partial charge in [0.1, 0.15) is 0 Å². The van der Waals surface area contributed by atoms with Crippen molar-refractivity contribution in [3.63, 3.8) is 0 Å². The Morgan fingerprint density at radius 3 is 2.72 bits per heavy atom. The molecule has 0 aliphatic rings. The van der Waals surface area contributed by atoms with Gasteiger partial charge in [-0.2, -0.15) is 0 Å². The predicted molar refractivity (Wildman–Crippen MR) is 68.4 cm³/mol. The number of hydrogen-bond acceptors (Lipinski definition) is 4. The minimum absolute atomic E-state index is 0.107. The maximum Gasteiger partial charge on any atom is 0.289 e. The lowest BCUT2D eigenvalue weighted by molar-refractivity contribution is 0.0838. The number of hydrogen-bond donors (Lipinski definition) is 2. The molecular formula is C13H22N2O3. The van der Waals surface area contributed by atoms with Crippen LogP contribution in [0.5, 0.6) is 0 Å². The second kappa shape index (κ2) is 6.54. The summed E-state index contributed by atoms with van der Waals surface area (Å²) in [6.07, 6.45) is 0.394. The van der Waals surface area contributed by atoms with Crippen molar-refractivity contribution in [2.24, 2.45) is 5.92 Å². The second-order valence-electron chi connectivity index (χ2n) is 4.95. The predicted octanol–water partition coefficient (Wildman–Crippen LogP) is 1.93. The van der Waals surface area contributed by atoms with Crippen molar-refractivity contribution in [2.75, 3.05) is 6.54 Å². The molecule has 0 saturated heterocycles. The molecule has 0 fully saturated rings. The molecule has 2 unspecified atom stereocenters. The summed E-state index contributed by atoms with van der Waals surface area (Å²) < 4.78 is 5.00. The largest absolute Gasteiger partial charge is 0.391 e. The van der Waals surface area contributed by atoms with Gasteiger partial charge < -0.3 is 14.9 Å². The zero-order valence-corrected chi connectivity index (χ0v) is 11.4. The van der Waals surface area contributed by atoms with Crippen molar-refractivity contribution >= 4 is 5.91 Å². The standard InChI is InChI=1S/C13H22N2O3/c1-5-9(4)10-6-12(18-15-10)13(17)14-7-11(16)8(2)3/h6,8-9,11,16H,5,7H2,1-4H3,(H,14,17). The Kier molecular flexibility index (Phi) is 5.34. The van der Waals surface area contributed by atoms with Gasteiger partial charge in [0.25, 0.3) is 5.91 Å². The van der Waals surface area contributed by atoms with Gasteiger partial charge in [-0.25, -0.2) is 0 Å². The molecule has 1 aromatic heterocycles. The highest BCUT2D eigenvalue weighted by atomic mass is 16.5. The van der Waals surface area contributed by atoms with Crippen LogP contribution in [0.1, 0.15) is 56.3 Å². The molecule has 0 aliphatic carbocycles. The smallest absolute Gasteiger partial charge is 0.289 e. The molecule has 18 heavy (non-hydrogen) atoms. The fourth-order valence-electron chi connectivity index (χ4n) is 1.36. The molecule has 1 rings (SSSR count). The van der Waals surface area contributed by atoms with Crippen LogP contribution < -0.4 is 5.32 Å². The van der Waals surface area contributed by atoms with E-state index in [0.717, 1.165) is 12.1 Å². The summed E-state index contributed by atoms with van der Waals surface area (Å²) in [6, 6.07) is 1.66. The van der Waals surface area contributed by atoms with Crippen molar-refractivity contribution in [2.45, 2.75) is 46.1 Å². The summed E-state index contributed by atoms with van der Waals surface area (Å²) in [4.78, 5) is 11.7. The monoisotopic (exact) mass is 254 g/mol. The van der Waals surface area contributed by atoms with Gasteiger partial charge in [-0.15, -0.1) is 0 Å². The van der Waals surface area contributed by atoms with Crippen LogP contribution in [-0.4, -0.2) is 28.8 Å². The maximum absolute atomic E-state index is 11.7. The van der Waals surface area contributed by atoms with Crippen molar-refractivity contribution in [1.82, 2.24) is 10.5 Å². The first-order chi connectivity index (χ1) is 8.45. The van der Waals surface area contributed by atoms with Crippen LogP contribution in [0.4, 0.5) is 0 Å². The van der Waals surface area contributed by atoms with Crippen molar-refractivity contribution in [1.29, 1.82) is 0 Å². The summed E-state index contributed by atoms with van der Waals surface area (Å²) in [5, 5.41) is 16.1. The van der Waals surface area contributed by atoms with E-state index in [1.807, 2.05) is 20.8 Å². The van der Waals surface area contributed by atoms with E-state index in [9.17, 15) is 9.90 Å². The lowest BCUT2D eigenvalue weighted by atomic mass is 10.1. The Morgan fingerprint density at radius 1 is 1.50 bits per heavy atom. The Balaban J connectivity index is 2.54. The lowest BCUT2D eigenvalue weighted by Gasteiger charge is -2.14. The third kappa shape index (κ3) is 3.84. The molecule has 5 nitrogen and oxygen atoms in total. The van der Waals surface area contributed by atoms with Crippen LogP contribution in [0, 0.1) is 5.92 Å². The Bertz CT molecular complexity index is 387. The number of amides is 1. The number of aromatic nitrogens is 1. The molecule has 0 bridgehead atoms. The van der Waals surface area contributed by atoms with Crippen LogP contribution in [0.3, 0.4) is 0 Å². The topological polar surface area (TPSA) is 75.4 Å².